The molecule has 0 spiro atoms. The first-order valence-electron chi connectivity index (χ1n) is 9.49. The molecule has 7 nitrogen and oxygen atoms in total. The van der Waals surface area contributed by atoms with Gasteiger partial charge in [0.2, 0.25) is 0 Å². The van der Waals surface area contributed by atoms with Crippen LogP contribution < -0.4 is 10.6 Å². The fourth-order valence-electron chi connectivity index (χ4n) is 2.88. The summed E-state index contributed by atoms with van der Waals surface area (Å²) in [5.74, 6) is -0.255. The molecule has 3 aromatic rings. The van der Waals surface area contributed by atoms with Crippen molar-refractivity contribution in [1.82, 2.24) is 20.4 Å². The molecule has 0 unspecified atom stereocenters. The zero-order chi connectivity index (χ0) is 20.6. The zero-order valence-electron chi connectivity index (χ0n) is 16.5. The molecule has 0 fully saturated rings. The Morgan fingerprint density at radius 3 is 2.52 bits per heavy atom. The van der Waals surface area contributed by atoms with Crippen LogP contribution in [0.5, 0.6) is 0 Å². The number of hydrogen-bond donors (Lipinski definition) is 2. The van der Waals surface area contributed by atoms with Crippen molar-refractivity contribution in [3.8, 4) is 16.9 Å². The van der Waals surface area contributed by atoms with Gasteiger partial charge in [-0.15, -0.1) is 0 Å². The Morgan fingerprint density at radius 2 is 1.79 bits per heavy atom. The van der Waals surface area contributed by atoms with Crippen LogP contribution in [0.2, 0.25) is 0 Å². The molecule has 2 N–H and O–H groups in total. The van der Waals surface area contributed by atoms with Crippen LogP contribution in [-0.2, 0) is 4.74 Å². The minimum absolute atomic E-state index is 0.255. The standard InChI is InChI=1S/C22H24N4O3/c1-3-29-22(28)24-13-12-23-21(27)19-15-26(18-10-5-4-6-11-18)25-20(19)17-9-7-8-16(2)14-17/h4-11,14-15H,3,12-13H2,1-2H3,(H,23,27)(H,24,28). The molecule has 1 aromatic heterocycles. The number of amides is 2. The monoisotopic (exact) mass is 392 g/mol. The second kappa shape index (κ2) is 9.54. The molecule has 0 saturated carbocycles. The smallest absolute Gasteiger partial charge is 0.407 e. The molecule has 0 aliphatic heterocycles. The second-order valence-electron chi connectivity index (χ2n) is 6.44. The maximum Gasteiger partial charge on any atom is 0.407 e. The predicted octanol–water partition coefficient (Wildman–Crippen LogP) is 3.32. The first-order valence-corrected chi connectivity index (χ1v) is 9.49. The fraction of sp³-hybridized carbons (Fsp3) is 0.227. The first-order chi connectivity index (χ1) is 14.1. The molecule has 150 valence electrons. The van der Waals surface area contributed by atoms with E-state index in [1.807, 2.05) is 61.5 Å². The third kappa shape index (κ3) is 5.22. The maximum atomic E-state index is 12.8. The molecule has 0 atom stereocenters. The van der Waals surface area contributed by atoms with Crippen molar-refractivity contribution in [3.05, 3.63) is 71.9 Å². The van der Waals surface area contributed by atoms with Crippen LogP contribution in [0.3, 0.4) is 0 Å². The molecule has 0 saturated heterocycles. The number of carbonyl (C=O) groups excluding carboxylic acids is 2. The average molecular weight is 392 g/mol. The summed E-state index contributed by atoms with van der Waals surface area (Å²) in [5, 5.41) is 10.1. The van der Waals surface area contributed by atoms with Crippen molar-refractivity contribution < 1.29 is 14.3 Å². The van der Waals surface area contributed by atoms with Crippen LogP contribution in [0.25, 0.3) is 16.9 Å². The highest BCUT2D eigenvalue weighted by atomic mass is 16.5. The number of aromatic nitrogens is 2. The van der Waals surface area contributed by atoms with Gasteiger partial charge in [-0.05, 0) is 32.0 Å². The summed E-state index contributed by atoms with van der Waals surface area (Å²) >= 11 is 0. The van der Waals surface area contributed by atoms with Crippen molar-refractivity contribution in [2.24, 2.45) is 0 Å². The summed E-state index contributed by atoms with van der Waals surface area (Å²) < 4.78 is 6.50. The summed E-state index contributed by atoms with van der Waals surface area (Å²) in [4.78, 5) is 24.2. The van der Waals surface area contributed by atoms with Gasteiger partial charge in [0.15, 0.2) is 0 Å². The molecule has 2 amide bonds. The number of alkyl carbamates (subject to hydrolysis) is 1. The molecule has 7 heteroatoms. The topological polar surface area (TPSA) is 85.3 Å². The van der Waals surface area contributed by atoms with Gasteiger partial charge in [0.05, 0.1) is 17.9 Å². The number of nitrogens with one attached hydrogen (secondary N) is 2. The molecular formula is C22H24N4O3. The van der Waals surface area contributed by atoms with Crippen LogP contribution in [0.1, 0.15) is 22.8 Å². The highest BCUT2D eigenvalue weighted by molar-refractivity contribution is 6.00. The van der Waals surface area contributed by atoms with Gasteiger partial charge in [-0.25, -0.2) is 9.48 Å². The number of nitrogens with zero attached hydrogens (tertiary/aromatic N) is 2. The Kier molecular flexibility index (Phi) is 6.63. The third-order valence-electron chi connectivity index (χ3n) is 4.23. The lowest BCUT2D eigenvalue weighted by molar-refractivity contribution is 0.0953. The van der Waals surface area contributed by atoms with Crippen molar-refractivity contribution in [1.29, 1.82) is 0 Å². The molecule has 0 radical (unpaired) electrons. The van der Waals surface area contributed by atoms with Crippen LogP contribution >= 0.6 is 0 Å². The van der Waals surface area contributed by atoms with Gasteiger partial charge < -0.3 is 15.4 Å². The lowest BCUT2D eigenvalue weighted by Gasteiger charge is -2.07. The number of para-hydroxylation sites is 1. The number of benzene rings is 2. The van der Waals surface area contributed by atoms with E-state index in [1.165, 1.54) is 0 Å². The van der Waals surface area contributed by atoms with Gasteiger partial charge in [0, 0.05) is 24.8 Å². The summed E-state index contributed by atoms with van der Waals surface area (Å²) in [6.07, 6.45) is 1.22. The van der Waals surface area contributed by atoms with Crippen molar-refractivity contribution in [2.75, 3.05) is 19.7 Å². The molecule has 0 aliphatic rings. The summed E-state index contributed by atoms with van der Waals surface area (Å²) in [5.41, 5.74) is 3.89. The van der Waals surface area contributed by atoms with Gasteiger partial charge in [0.1, 0.15) is 5.69 Å². The molecule has 2 aromatic carbocycles. The second-order valence-corrected chi connectivity index (χ2v) is 6.44. The van der Waals surface area contributed by atoms with Crippen molar-refractivity contribution >= 4 is 12.0 Å². The van der Waals surface area contributed by atoms with Crippen molar-refractivity contribution in [3.63, 3.8) is 0 Å². The first kappa shape index (κ1) is 20.1. The average Bonchev–Trinajstić information content (AvgIpc) is 3.18. The van der Waals surface area contributed by atoms with E-state index < -0.39 is 6.09 Å². The van der Waals surface area contributed by atoms with Gasteiger partial charge >= 0.3 is 6.09 Å². The highest BCUT2D eigenvalue weighted by Gasteiger charge is 2.18. The van der Waals surface area contributed by atoms with Crippen LogP contribution in [0, 0.1) is 6.92 Å². The molecule has 0 bridgehead atoms. The fourth-order valence-corrected chi connectivity index (χ4v) is 2.88. The van der Waals surface area contributed by atoms with E-state index in [0.29, 0.717) is 17.9 Å². The largest absolute Gasteiger partial charge is 0.450 e. The SMILES string of the molecule is CCOC(=O)NCCNC(=O)c1cn(-c2ccccc2)nc1-c1cccc(C)c1. The van der Waals surface area contributed by atoms with Gasteiger partial charge in [-0.2, -0.15) is 5.10 Å². The van der Waals surface area contributed by atoms with Crippen molar-refractivity contribution in [2.45, 2.75) is 13.8 Å². The quantitative estimate of drug-likeness (QED) is 0.604. The Labute approximate surface area is 169 Å². The Morgan fingerprint density at radius 1 is 1.03 bits per heavy atom. The lowest BCUT2D eigenvalue weighted by Crippen LogP contribution is -2.35. The Balaban J connectivity index is 1.81. The zero-order valence-corrected chi connectivity index (χ0v) is 16.5. The van der Waals surface area contributed by atoms with Gasteiger partial charge in [-0.1, -0.05) is 42.0 Å². The van der Waals surface area contributed by atoms with E-state index in [9.17, 15) is 9.59 Å². The van der Waals surface area contributed by atoms with E-state index in [4.69, 9.17) is 4.74 Å². The third-order valence-corrected chi connectivity index (χ3v) is 4.23. The Bertz CT molecular complexity index is 983. The van der Waals surface area contributed by atoms with E-state index in [-0.39, 0.29) is 19.0 Å². The minimum Gasteiger partial charge on any atom is -0.450 e. The van der Waals surface area contributed by atoms with E-state index in [0.717, 1.165) is 16.8 Å². The normalized spacial score (nSPS) is 10.4. The number of carbonyl (C=O) groups is 2. The van der Waals surface area contributed by atoms with Gasteiger partial charge in [-0.3, -0.25) is 4.79 Å². The van der Waals surface area contributed by atoms with E-state index in [1.54, 1.807) is 17.8 Å². The molecule has 0 aliphatic carbocycles. The molecular weight excluding hydrogens is 368 g/mol. The summed E-state index contributed by atoms with van der Waals surface area (Å²) in [7, 11) is 0. The predicted molar refractivity (Wildman–Crippen MR) is 111 cm³/mol. The summed E-state index contributed by atoms with van der Waals surface area (Å²) in [6, 6.07) is 17.5. The van der Waals surface area contributed by atoms with E-state index in [2.05, 4.69) is 15.7 Å². The molecule has 29 heavy (non-hydrogen) atoms. The Hall–Kier alpha value is -3.61. The molecule has 1 heterocycles. The number of ether oxygens (including phenoxy) is 1. The molecule has 3 rings (SSSR count). The van der Waals surface area contributed by atoms with E-state index >= 15 is 0 Å². The highest BCUT2D eigenvalue weighted by Crippen LogP contribution is 2.24. The number of hydrogen-bond acceptors (Lipinski definition) is 4. The maximum absolute atomic E-state index is 12.8. The summed E-state index contributed by atoms with van der Waals surface area (Å²) in [6.45, 7) is 4.59. The number of aryl methyl sites for hydroxylation is 1. The van der Waals surface area contributed by atoms with Crippen LogP contribution in [-0.4, -0.2) is 41.5 Å². The van der Waals surface area contributed by atoms with Crippen LogP contribution in [0.4, 0.5) is 4.79 Å². The minimum atomic E-state index is -0.501. The van der Waals surface area contributed by atoms with Crippen LogP contribution in [0.15, 0.2) is 60.8 Å². The van der Waals surface area contributed by atoms with Gasteiger partial charge in [0.25, 0.3) is 5.91 Å². The lowest BCUT2D eigenvalue weighted by atomic mass is 10.1. The number of rotatable bonds is 7.